The minimum atomic E-state index is -0.0518. The summed E-state index contributed by atoms with van der Waals surface area (Å²) < 4.78 is 5.62. The first-order valence-corrected chi connectivity index (χ1v) is 7.44. The van der Waals surface area contributed by atoms with E-state index in [1.807, 2.05) is 13.8 Å². The van der Waals surface area contributed by atoms with Gasteiger partial charge in [0.05, 0.1) is 12.2 Å². The minimum absolute atomic E-state index is 0.0518. The van der Waals surface area contributed by atoms with Crippen molar-refractivity contribution in [2.45, 2.75) is 39.4 Å². The van der Waals surface area contributed by atoms with Crippen LogP contribution in [0.4, 0.5) is 5.13 Å². The molecule has 0 spiro atoms. The molecule has 0 saturated carbocycles. The van der Waals surface area contributed by atoms with Gasteiger partial charge in [-0.15, -0.1) is 10.2 Å². The SMILES string of the molecule is CCCNc1nnc(C(=O)N2CC(C)OC(C)C2)s1. The molecule has 0 aliphatic carbocycles. The molecule has 19 heavy (non-hydrogen) atoms. The fourth-order valence-electron chi connectivity index (χ4n) is 2.09. The molecule has 7 heteroatoms. The number of anilines is 1. The van der Waals surface area contributed by atoms with E-state index in [-0.39, 0.29) is 18.1 Å². The van der Waals surface area contributed by atoms with Crippen LogP contribution in [-0.4, -0.2) is 52.8 Å². The van der Waals surface area contributed by atoms with Gasteiger partial charge < -0.3 is 15.0 Å². The first kappa shape index (κ1) is 14.2. The van der Waals surface area contributed by atoms with Crippen molar-refractivity contribution in [2.75, 3.05) is 25.0 Å². The Morgan fingerprint density at radius 2 is 2.11 bits per heavy atom. The number of nitrogens with one attached hydrogen (secondary N) is 1. The highest BCUT2D eigenvalue weighted by Gasteiger charge is 2.28. The van der Waals surface area contributed by atoms with E-state index in [1.165, 1.54) is 11.3 Å². The Kier molecular flexibility index (Phi) is 4.71. The number of morpholine rings is 1. The average molecular weight is 284 g/mol. The van der Waals surface area contributed by atoms with Gasteiger partial charge in [-0.3, -0.25) is 4.79 Å². The minimum Gasteiger partial charge on any atom is -0.372 e. The van der Waals surface area contributed by atoms with Gasteiger partial charge >= 0.3 is 0 Å². The Labute approximate surface area is 117 Å². The smallest absolute Gasteiger partial charge is 0.285 e. The quantitative estimate of drug-likeness (QED) is 0.910. The van der Waals surface area contributed by atoms with Gasteiger partial charge in [-0.2, -0.15) is 0 Å². The maximum Gasteiger partial charge on any atom is 0.285 e. The van der Waals surface area contributed by atoms with E-state index in [0.717, 1.165) is 13.0 Å². The standard InChI is InChI=1S/C12H20N4O2S/c1-4-5-13-12-15-14-10(19-12)11(17)16-6-8(2)18-9(3)7-16/h8-9H,4-7H2,1-3H3,(H,13,15). The third kappa shape index (κ3) is 3.63. The van der Waals surface area contributed by atoms with Gasteiger partial charge in [0.25, 0.3) is 5.91 Å². The van der Waals surface area contributed by atoms with E-state index in [1.54, 1.807) is 4.90 Å². The van der Waals surface area contributed by atoms with Crippen molar-refractivity contribution in [3.8, 4) is 0 Å². The molecule has 106 valence electrons. The zero-order valence-corrected chi connectivity index (χ0v) is 12.4. The first-order chi connectivity index (χ1) is 9.10. The van der Waals surface area contributed by atoms with Crippen molar-refractivity contribution in [1.29, 1.82) is 0 Å². The number of carbonyl (C=O) groups excluding carboxylic acids is 1. The highest BCUT2D eigenvalue weighted by atomic mass is 32.1. The van der Waals surface area contributed by atoms with E-state index in [9.17, 15) is 4.79 Å². The van der Waals surface area contributed by atoms with Gasteiger partial charge in [0.1, 0.15) is 0 Å². The van der Waals surface area contributed by atoms with Crippen LogP contribution in [0.15, 0.2) is 0 Å². The summed E-state index contributed by atoms with van der Waals surface area (Å²) in [5, 5.41) is 12.2. The number of rotatable bonds is 4. The molecule has 0 bridgehead atoms. The lowest BCUT2D eigenvalue weighted by atomic mass is 10.2. The molecule has 0 radical (unpaired) electrons. The highest BCUT2D eigenvalue weighted by Crippen LogP contribution is 2.19. The molecule has 1 saturated heterocycles. The molecule has 2 heterocycles. The lowest BCUT2D eigenvalue weighted by Crippen LogP contribution is -2.48. The molecule has 1 fully saturated rings. The number of hydrogen-bond donors (Lipinski definition) is 1. The van der Waals surface area contributed by atoms with E-state index in [4.69, 9.17) is 4.74 Å². The number of carbonyl (C=O) groups is 1. The second-order valence-electron chi connectivity index (χ2n) is 4.81. The Bertz CT molecular complexity index is 427. The normalized spacial score (nSPS) is 23.4. The van der Waals surface area contributed by atoms with Crippen molar-refractivity contribution in [1.82, 2.24) is 15.1 Å². The lowest BCUT2D eigenvalue weighted by molar-refractivity contribution is -0.0586. The maximum absolute atomic E-state index is 12.3. The van der Waals surface area contributed by atoms with Gasteiger partial charge in [-0.1, -0.05) is 18.3 Å². The van der Waals surface area contributed by atoms with E-state index < -0.39 is 0 Å². The van der Waals surface area contributed by atoms with Gasteiger partial charge in [-0.05, 0) is 20.3 Å². The number of hydrogen-bond acceptors (Lipinski definition) is 6. The zero-order chi connectivity index (χ0) is 13.8. The summed E-state index contributed by atoms with van der Waals surface area (Å²) in [6.07, 6.45) is 1.15. The Balaban J connectivity index is 2.00. The van der Waals surface area contributed by atoms with Crippen LogP contribution in [0.2, 0.25) is 0 Å². The monoisotopic (exact) mass is 284 g/mol. The molecule has 2 unspecified atom stereocenters. The van der Waals surface area contributed by atoms with Crippen LogP contribution in [0.1, 0.15) is 37.0 Å². The van der Waals surface area contributed by atoms with Crippen LogP contribution in [0.25, 0.3) is 0 Å². The number of aromatic nitrogens is 2. The molecular weight excluding hydrogens is 264 g/mol. The van der Waals surface area contributed by atoms with E-state index >= 15 is 0 Å². The molecule has 0 aromatic carbocycles. The third-order valence-electron chi connectivity index (χ3n) is 2.84. The van der Waals surface area contributed by atoms with Crippen molar-refractivity contribution >= 4 is 22.4 Å². The Morgan fingerprint density at radius 1 is 1.42 bits per heavy atom. The predicted molar refractivity (Wildman–Crippen MR) is 74.6 cm³/mol. The fourth-order valence-corrected chi connectivity index (χ4v) is 2.83. The Hall–Kier alpha value is -1.21. The second kappa shape index (κ2) is 6.29. The first-order valence-electron chi connectivity index (χ1n) is 6.62. The number of amides is 1. The molecule has 2 rings (SSSR count). The van der Waals surface area contributed by atoms with Gasteiger partial charge in [0.2, 0.25) is 10.1 Å². The fraction of sp³-hybridized carbons (Fsp3) is 0.750. The van der Waals surface area contributed by atoms with E-state index in [0.29, 0.717) is 23.2 Å². The number of nitrogens with zero attached hydrogens (tertiary/aromatic N) is 3. The van der Waals surface area contributed by atoms with Gasteiger partial charge in [0, 0.05) is 19.6 Å². The molecule has 1 N–H and O–H groups in total. The summed E-state index contributed by atoms with van der Waals surface area (Å²) in [7, 11) is 0. The maximum atomic E-state index is 12.3. The van der Waals surface area contributed by atoms with Crippen molar-refractivity contribution in [2.24, 2.45) is 0 Å². The lowest BCUT2D eigenvalue weighted by Gasteiger charge is -2.34. The molecule has 1 amide bonds. The largest absolute Gasteiger partial charge is 0.372 e. The molecule has 2 atom stereocenters. The summed E-state index contributed by atoms with van der Waals surface area (Å²) in [5.74, 6) is -0.0518. The van der Waals surface area contributed by atoms with Crippen LogP contribution < -0.4 is 5.32 Å². The summed E-state index contributed by atoms with van der Waals surface area (Å²) in [5.41, 5.74) is 0. The summed E-state index contributed by atoms with van der Waals surface area (Å²) in [6, 6.07) is 0. The predicted octanol–water partition coefficient (Wildman–Crippen LogP) is 1.61. The average Bonchev–Trinajstić information content (AvgIpc) is 2.83. The summed E-state index contributed by atoms with van der Waals surface area (Å²) in [6.45, 7) is 8.10. The zero-order valence-electron chi connectivity index (χ0n) is 11.5. The summed E-state index contributed by atoms with van der Waals surface area (Å²) in [4.78, 5) is 14.1. The molecule has 1 aliphatic heterocycles. The summed E-state index contributed by atoms with van der Waals surface area (Å²) >= 11 is 1.31. The van der Waals surface area contributed by atoms with Gasteiger partial charge in [0.15, 0.2) is 0 Å². The molecular formula is C12H20N4O2S. The molecule has 6 nitrogen and oxygen atoms in total. The van der Waals surface area contributed by atoms with Crippen LogP contribution in [0, 0.1) is 0 Å². The van der Waals surface area contributed by atoms with Gasteiger partial charge in [-0.25, -0.2) is 0 Å². The topological polar surface area (TPSA) is 67.4 Å². The van der Waals surface area contributed by atoms with E-state index in [2.05, 4.69) is 22.4 Å². The molecule has 1 aromatic rings. The Morgan fingerprint density at radius 3 is 2.74 bits per heavy atom. The van der Waals surface area contributed by atoms with Crippen LogP contribution >= 0.6 is 11.3 Å². The van der Waals surface area contributed by atoms with Crippen LogP contribution in [0.3, 0.4) is 0 Å². The number of ether oxygens (including phenoxy) is 1. The molecule has 1 aromatic heterocycles. The van der Waals surface area contributed by atoms with Crippen LogP contribution in [0.5, 0.6) is 0 Å². The van der Waals surface area contributed by atoms with Crippen molar-refractivity contribution in [3.63, 3.8) is 0 Å². The third-order valence-corrected chi connectivity index (χ3v) is 3.71. The van der Waals surface area contributed by atoms with Crippen molar-refractivity contribution < 1.29 is 9.53 Å². The van der Waals surface area contributed by atoms with Crippen LogP contribution in [-0.2, 0) is 4.74 Å². The second-order valence-corrected chi connectivity index (χ2v) is 5.78. The molecule has 1 aliphatic rings. The van der Waals surface area contributed by atoms with Crippen molar-refractivity contribution in [3.05, 3.63) is 5.01 Å². The highest BCUT2D eigenvalue weighted by molar-refractivity contribution is 7.17.